The summed E-state index contributed by atoms with van der Waals surface area (Å²) >= 11 is 0. The molecule has 1 aromatic carbocycles. The molecule has 1 aliphatic carbocycles. The molecule has 4 rings (SSSR count). The molecule has 2 heterocycles. The molecular weight excluding hydrogens is 454 g/mol. The minimum absolute atomic E-state index is 0.151. The number of hydrogen-bond donors (Lipinski definition) is 2. The third-order valence-corrected chi connectivity index (χ3v) is 7.91. The highest BCUT2D eigenvalue weighted by molar-refractivity contribution is 5.79. The molecule has 2 amide bonds. The zero-order valence-electron chi connectivity index (χ0n) is 22.4. The number of hydrogen-bond acceptors (Lipinski definition) is 6. The summed E-state index contributed by atoms with van der Waals surface area (Å²) in [5, 5.41) is 6.49. The Hall–Kier alpha value is -2.32. The van der Waals surface area contributed by atoms with Crippen molar-refractivity contribution < 1.29 is 14.3 Å². The number of carbonyl (C=O) groups excluding carboxylic acids is 2. The second-order valence-electron chi connectivity index (χ2n) is 11.2. The number of carbonyl (C=O) groups is 2. The second kappa shape index (κ2) is 12.8. The van der Waals surface area contributed by atoms with Gasteiger partial charge in [-0.15, -0.1) is 0 Å². The van der Waals surface area contributed by atoms with E-state index in [1.807, 2.05) is 4.90 Å². The Bertz CT molecular complexity index is 888. The highest BCUT2D eigenvalue weighted by Crippen LogP contribution is 2.32. The molecule has 8 heteroatoms. The molecule has 0 unspecified atom stereocenters. The number of anilines is 1. The summed E-state index contributed by atoms with van der Waals surface area (Å²) in [7, 11) is 6.28. The van der Waals surface area contributed by atoms with Crippen LogP contribution >= 0.6 is 0 Å². The molecule has 2 aliphatic heterocycles. The SMILES string of the molecule is CN(C)CCN(C)c1ccc2c(c1)CNCC(=O)N1CC[C@@H](CC(=O)NCC3CC3)[C@@H](CCCO2)C1. The Balaban J connectivity index is 1.38. The highest BCUT2D eigenvalue weighted by Gasteiger charge is 2.33. The Morgan fingerprint density at radius 1 is 1.14 bits per heavy atom. The van der Waals surface area contributed by atoms with E-state index in [-0.39, 0.29) is 11.8 Å². The minimum atomic E-state index is 0.151. The van der Waals surface area contributed by atoms with E-state index in [0.717, 1.165) is 69.0 Å². The maximum Gasteiger partial charge on any atom is 0.236 e. The summed E-state index contributed by atoms with van der Waals surface area (Å²) in [5.41, 5.74) is 2.23. The summed E-state index contributed by atoms with van der Waals surface area (Å²) in [6.07, 6.45) is 5.86. The van der Waals surface area contributed by atoms with Gasteiger partial charge in [0.05, 0.1) is 13.2 Å². The standard InChI is InChI=1S/C28H45N5O3/c1-31(2)12-13-32(3)25-8-9-26-24(15-25)18-29-19-28(35)33-11-10-22(23(20-33)5-4-14-36-26)16-27(34)30-17-21-6-7-21/h8-9,15,21-23,29H,4-7,10-14,16-20H2,1-3H3,(H,30,34)/t22-,23-/m0/s1. The lowest BCUT2D eigenvalue weighted by Crippen LogP contribution is -2.47. The van der Waals surface area contributed by atoms with E-state index >= 15 is 0 Å². The van der Waals surface area contributed by atoms with Crippen LogP contribution in [0.1, 0.15) is 44.1 Å². The van der Waals surface area contributed by atoms with E-state index in [0.29, 0.717) is 43.9 Å². The van der Waals surface area contributed by atoms with Gasteiger partial charge in [-0.2, -0.15) is 0 Å². The topological polar surface area (TPSA) is 77.2 Å². The van der Waals surface area contributed by atoms with E-state index in [4.69, 9.17) is 4.74 Å². The molecule has 2 fully saturated rings. The first-order chi connectivity index (χ1) is 17.4. The van der Waals surface area contributed by atoms with Crippen LogP contribution in [0, 0.1) is 17.8 Å². The lowest BCUT2D eigenvalue weighted by atomic mass is 9.80. The average Bonchev–Trinajstić information content (AvgIpc) is 3.69. The predicted molar refractivity (Wildman–Crippen MR) is 143 cm³/mol. The number of nitrogens with zero attached hydrogens (tertiary/aromatic N) is 3. The van der Waals surface area contributed by atoms with Crippen molar-refractivity contribution in [1.29, 1.82) is 0 Å². The first-order valence-corrected chi connectivity index (χ1v) is 13.8. The summed E-state index contributed by atoms with van der Waals surface area (Å²) in [6.45, 7) is 5.80. The second-order valence-corrected chi connectivity index (χ2v) is 11.2. The number of likely N-dealkylation sites (N-methyl/N-ethyl adjacent to an activating group) is 2. The monoisotopic (exact) mass is 499 g/mol. The van der Waals surface area contributed by atoms with E-state index in [9.17, 15) is 9.59 Å². The maximum atomic E-state index is 13.0. The zero-order valence-corrected chi connectivity index (χ0v) is 22.4. The summed E-state index contributed by atoms with van der Waals surface area (Å²) < 4.78 is 6.24. The van der Waals surface area contributed by atoms with Crippen molar-refractivity contribution in [3.05, 3.63) is 23.8 Å². The molecule has 200 valence electrons. The first kappa shape index (κ1) is 26.7. The average molecular weight is 500 g/mol. The molecule has 36 heavy (non-hydrogen) atoms. The lowest BCUT2D eigenvalue weighted by Gasteiger charge is -2.38. The summed E-state index contributed by atoms with van der Waals surface area (Å²) in [4.78, 5) is 32.0. The van der Waals surface area contributed by atoms with Gasteiger partial charge in [0, 0.05) is 64.0 Å². The lowest BCUT2D eigenvalue weighted by molar-refractivity contribution is -0.133. The molecule has 3 aliphatic rings. The smallest absolute Gasteiger partial charge is 0.236 e. The number of rotatable bonds is 8. The largest absolute Gasteiger partial charge is 0.493 e. The van der Waals surface area contributed by atoms with Gasteiger partial charge < -0.3 is 30.1 Å². The van der Waals surface area contributed by atoms with Gasteiger partial charge in [-0.05, 0) is 82.2 Å². The Morgan fingerprint density at radius 2 is 1.97 bits per heavy atom. The molecule has 2 N–H and O–H groups in total. The van der Waals surface area contributed by atoms with E-state index < -0.39 is 0 Å². The number of piperidine rings is 1. The molecule has 0 radical (unpaired) electrons. The van der Waals surface area contributed by atoms with Crippen molar-refractivity contribution >= 4 is 17.5 Å². The van der Waals surface area contributed by atoms with E-state index in [2.05, 4.69) is 59.8 Å². The van der Waals surface area contributed by atoms with Crippen LogP contribution in [0.2, 0.25) is 0 Å². The van der Waals surface area contributed by atoms with Crippen LogP contribution in [0.5, 0.6) is 5.75 Å². The van der Waals surface area contributed by atoms with Gasteiger partial charge in [0.15, 0.2) is 0 Å². The number of ether oxygens (including phenoxy) is 1. The van der Waals surface area contributed by atoms with Crippen LogP contribution in [0.25, 0.3) is 0 Å². The van der Waals surface area contributed by atoms with E-state index in [1.54, 1.807) is 0 Å². The summed E-state index contributed by atoms with van der Waals surface area (Å²) in [6, 6.07) is 6.36. The number of benzene rings is 1. The highest BCUT2D eigenvalue weighted by atomic mass is 16.5. The third-order valence-electron chi connectivity index (χ3n) is 7.91. The zero-order chi connectivity index (χ0) is 25.5. The molecule has 2 bridgehead atoms. The van der Waals surface area contributed by atoms with Crippen LogP contribution in [-0.2, 0) is 16.1 Å². The molecule has 1 saturated carbocycles. The van der Waals surface area contributed by atoms with Gasteiger partial charge >= 0.3 is 0 Å². The molecule has 2 atom stereocenters. The third kappa shape index (κ3) is 7.84. The normalized spacial score (nSPS) is 23.1. The van der Waals surface area contributed by atoms with Crippen LogP contribution < -0.4 is 20.3 Å². The van der Waals surface area contributed by atoms with Crippen LogP contribution in [-0.4, -0.2) is 88.6 Å². The maximum absolute atomic E-state index is 13.0. The van der Waals surface area contributed by atoms with Crippen molar-refractivity contribution in [2.75, 3.05) is 71.9 Å². The van der Waals surface area contributed by atoms with Crippen LogP contribution in [0.15, 0.2) is 18.2 Å². The Morgan fingerprint density at radius 3 is 2.75 bits per heavy atom. The fourth-order valence-corrected chi connectivity index (χ4v) is 5.30. The molecular formula is C28H45N5O3. The molecule has 0 aromatic heterocycles. The molecule has 1 saturated heterocycles. The van der Waals surface area contributed by atoms with Crippen LogP contribution in [0.4, 0.5) is 5.69 Å². The molecule has 1 aromatic rings. The van der Waals surface area contributed by atoms with Gasteiger partial charge in [-0.25, -0.2) is 0 Å². The van der Waals surface area contributed by atoms with Gasteiger partial charge in [0.1, 0.15) is 5.75 Å². The fraction of sp³-hybridized carbons (Fsp3) is 0.714. The van der Waals surface area contributed by atoms with Gasteiger partial charge in [-0.1, -0.05) is 0 Å². The first-order valence-electron chi connectivity index (χ1n) is 13.8. The van der Waals surface area contributed by atoms with Crippen molar-refractivity contribution in [3.63, 3.8) is 0 Å². The van der Waals surface area contributed by atoms with Crippen molar-refractivity contribution in [2.45, 2.75) is 45.1 Å². The van der Waals surface area contributed by atoms with Gasteiger partial charge in [-0.3, -0.25) is 9.59 Å². The van der Waals surface area contributed by atoms with Crippen molar-refractivity contribution in [2.24, 2.45) is 17.8 Å². The van der Waals surface area contributed by atoms with Crippen LogP contribution in [0.3, 0.4) is 0 Å². The van der Waals surface area contributed by atoms with Crippen molar-refractivity contribution in [1.82, 2.24) is 20.4 Å². The van der Waals surface area contributed by atoms with Gasteiger partial charge in [0.25, 0.3) is 0 Å². The minimum Gasteiger partial charge on any atom is -0.493 e. The molecule has 0 spiro atoms. The van der Waals surface area contributed by atoms with Gasteiger partial charge in [0.2, 0.25) is 11.8 Å². The Labute approximate surface area is 216 Å². The van der Waals surface area contributed by atoms with Crippen molar-refractivity contribution in [3.8, 4) is 5.75 Å². The number of amides is 2. The van der Waals surface area contributed by atoms with E-state index in [1.165, 1.54) is 12.8 Å². The Kier molecular flexibility index (Phi) is 9.48. The number of fused-ring (bicyclic) bond motifs is 3. The fourth-order valence-electron chi connectivity index (χ4n) is 5.30. The predicted octanol–water partition coefficient (Wildman–Crippen LogP) is 2.33. The molecule has 8 nitrogen and oxygen atoms in total. The summed E-state index contributed by atoms with van der Waals surface area (Å²) in [5.74, 6) is 2.58. The quantitative estimate of drug-likeness (QED) is 0.572. The number of nitrogens with one attached hydrogen (secondary N) is 2.